The van der Waals surface area contributed by atoms with Gasteiger partial charge in [0, 0.05) is 28.6 Å². The van der Waals surface area contributed by atoms with Crippen LogP contribution in [0, 0.1) is 0 Å². The van der Waals surface area contributed by atoms with E-state index in [0.29, 0.717) is 27.7 Å². The lowest BCUT2D eigenvalue weighted by Gasteiger charge is -2.21. The van der Waals surface area contributed by atoms with E-state index in [9.17, 15) is 19.8 Å². The summed E-state index contributed by atoms with van der Waals surface area (Å²) < 4.78 is 11.6. The molecule has 0 unspecified atom stereocenters. The van der Waals surface area contributed by atoms with Crippen molar-refractivity contribution in [2.75, 3.05) is 0 Å². The van der Waals surface area contributed by atoms with Gasteiger partial charge < -0.3 is 19.0 Å². The summed E-state index contributed by atoms with van der Waals surface area (Å²) in [4.78, 5) is 27.5. The van der Waals surface area contributed by atoms with Crippen molar-refractivity contribution in [2.45, 2.75) is 0 Å². The van der Waals surface area contributed by atoms with Gasteiger partial charge in [-0.15, -0.1) is 0 Å². The summed E-state index contributed by atoms with van der Waals surface area (Å²) in [5, 5.41) is 29.2. The summed E-state index contributed by atoms with van der Waals surface area (Å²) in [7, 11) is 0. The highest BCUT2D eigenvalue weighted by Gasteiger charge is 2.25. The topological polar surface area (TPSA) is 101 Å². The number of para-hydroxylation sites is 1. The molecule has 52 heavy (non-hydrogen) atoms. The number of benzene rings is 8. The Kier molecular flexibility index (Phi) is 6.38. The monoisotopic (exact) mass is 674 g/mol. The fourth-order valence-corrected chi connectivity index (χ4v) is 7.97. The summed E-state index contributed by atoms with van der Waals surface area (Å²) >= 11 is 0. The van der Waals surface area contributed by atoms with Crippen LogP contribution in [0.1, 0.15) is 0 Å². The molecule has 6 heteroatoms. The van der Waals surface area contributed by atoms with Crippen molar-refractivity contribution in [2.24, 2.45) is 0 Å². The van der Waals surface area contributed by atoms with Crippen LogP contribution in [-0.2, 0) is 0 Å². The molecule has 10 rings (SSSR count). The predicted octanol–water partition coefficient (Wildman–Crippen LogP) is 10.9. The zero-order chi connectivity index (χ0) is 35.1. The van der Waals surface area contributed by atoms with Crippen LogP contribution in [0.5, 0.6) is 11.5 Å². The lowest BCUT2D eigenvalue weighted by Crippen LogP contribution is -2.05. The Morgan fingerprint density at radius 2 is 0.750 bits per heavy atom. The fourth-order valence-electron chi connectivity index (χ4n) is 7.97. The Hall–Kier alpha value is -7.18. The SMILES string of the molecule is O=c1oc2ccccc2cc1-c1c2ccccc2c(-c2c3ccccc3c(-c3cc4c(O)cc(O)cc4oc3=O)c3ccccc23)c2ccccc12. The number of phenols is 2. The van der Waals surface area contributed by atoms with E-state index >= 15 is 0 Å². The number of rotatable bonds is 3. The Labute approximate surface area is 294 Å². The number of fused-ring (bicyclic) bond motifs is 6. The molecule has 0 aliphatic carbocycles. The number of phenolic OH excluding ortho intramolecular Hbond substituents is 2. The first-order valence-corrected chi connectivity index (χ1v) is 16.9. The molecule has 0 fully saturated rings. The van der Waals surface area contributed by atoms with Gasteiger partial charge in [0.1, 0.15) is 22.7 Å². The Balaban J connectivity index is 1.37. The van der Waals surface area contributed by atoms with Gasteiger partial charge in [-0.25, -0.2) is 9.59 Å². The maximum absolute atomic E-state index is 13.8. The highest BCUT2D eigenvalue weighted by molar-refractivity contribution is 6.30. The van der Waals surface area contributed by atoms with Crippen molar-refractivity contribution in [1.29, 1.82) is 0 Å². The summed E-state index contributed by atoms with van der Waals surface area (Å²) in [6.45, 7) is 0. The largest absolute Gasteiger partial charge is 0.508 e. The molecule has 0 amide bonds. The van der Waals surface area contributed by atoms with Crippen LogP contribution in [0.15, 0.2) is 164 Å². The third-order valence-corrected chi connectivity index (χ3v) is 10.1. The van der Waals surface area contributed by atoms with E-state index in [1.807, 2.05) is 84.9 Å². The smallest absolute Gasteiger partial charge is 0.344 e. The quantitative estimate of drug-likeness (QED) is 0.143. The average Bonchev–Trinajstić information content (AvgIpc) is 3.16. The second-order valence-corrected chi connectivity index (χ2v) is 13.0. The van der Waals surface area contributed by atoms with E-state index < -0.39 is 11.3 Å². The first-order valence-electron chi connectivity index (χ1n) is 16.9. The molecule has 0 radical (unpaired) electrons. The van der Waals surface area contributed by atoms with Gasteiger partial charge in [-0.1, -0.05) is 115 Å². The van der Waals surface area contributed by atoms with Gasteiger partial charge in [0.25, 0.3) is 0 Å². The van der Waals surface area contributed by atoms with E-state index in [4.69, 9.17) is 8.83 Å². The van der Waals surface area contributed by atoms with Crippen LogP contribution in [0.4, 0.5) is 0 Å². The van der Waals surface area contributed by atoms with Crippen molar-refractivity contribution >= 4 is 65.0 Å². The van der Waals surface area contributed by atoms with Crippen molar-refractivity contribution in [1.82, 2.24) is 0 Å². The summed E-state index contributed by atoms with van der Waals surface area (Å²) in [5.74, 6) is -0.392. The molecule has 8 aromatic carbocycles. The molecule has 0 saturated heterocycles. The van der Waals surface area contributed by atoms with Gasteiger partial charge in [-0.05, 0) is 72.4 Å². The molecule has 0 aliphatic rings. The van der Waals surface area contributed by atoms with Gasteiger partial charge in [0.05, 0.1) is 16.5 Å². The zero-order valence-corrected chi connectivity index (χ0v) is 27.4. The third-order valence-electron chi connectivity index (χ3n) is 10.1. The maximum atomic E-state index is 13.8. The molecule has 0 atom stereocenters. The molecular weight excluding hydrogens is 648 g/mol. The van der Waals surface area contributed by atoms with Crippen molar-refractivity contribution < 1.29 is 19.0 Å². The molecule has 0 saturated carbocycles. The minimum atomic E-state index is -0.588. The van der Waals surface area contributed by atoms with Crippen LogP contribution in [-0.4, -0.2) is 10.2 Å². The van der Waals surface area contributed by atoms with Crippen molar-refractivity contribution in [3.05, 3.63) is 166 Å². The highest BCUT2D eigenvalue weighted by atomic mass is 16.4. The minimum absolute atomic E-state index is 0.0926. The van der Waals surface area contributed by atoms with Gasteiger partial charge in [-0.2, -0.15) is 0 Å². The molecule has 2 heterocycles. The molecule has 10 aromatic rings. The van der Waals surface area contributed by atoms with E-state index in [2.05, 4.69) is 36.4 Å². The first-order chi connectivity index (χ1) is 25.5. The highest BCUT2D eigenvalue weighted by Crippen LogP contribution is 2.49. The molecule has 0 bridgehead atoms. The predicted molar refractivity (Wildman–Crippen MR) is 208 cm³/mol. The normalized spacial score (nSPS) is 11.8. The summed E-state index contributed by atoms with van der Waals surface area (Å²) in [6.07, 6.45) is 0. The van der Waals surface area contributed by atoms with Crippen LogP contribution in [0.3, 0.4) is 0 Å². The first kappa shape index (κ1) is 29.7. The second kappa shape index (κ2) is 11.2. The van der Waals surface area contributed by atoms with E-state index in [0.717, 1.165) is 65.2 Å². The Bertz CT molecular complexity index is 3150. The summed E-state index contributed by atoms with van der Waals surface area (Å²) in [6, 6.07) is 45.9. The van der Waals surface area contributed by atoms with Crippen LogP contribution in [0.2, 0.25) is 0 Å². The lowest BCUT2D eigenvalue weighted by atomic mass is 9.81. The molecule has 6 nitrogen and oxygen atoms in total. The zero-order valence-electron chi connectivity index (χ0n) is 27.4. The Morgan fingerprint density at radius 3 is 1.23 bits per heavy atom. The minimum Gasteiger partial charge on any atom is -0.508 e. The van der Waals surface area contributed by atoms with Crippen LogP contribution >= 0.6 is 0 Å². The van der Waals surface area contributed by atoms with Crippen molar-refractivity contribution in [3.8, 4) is 44.9 Å². The van der Waals surface area contributed by atoms with Gasteiger partial charge >= 0.3 is 11.3 Å². The Morgan fingerprint density at radius 1 is 0.365 bits per heavy atom. The number of hydrogen-bond donors (Lipinski definition) is 2. The lowest BCUT2D eigenvalue weighted by molar-refractivity contribution is 0.451. The summed E-state index contributed by atoms with van der Waals surface area (Å²) in [5.41, 5.74) is 3.88. The fraction of sp³-hybridized carbons (Fsp3) is 0. The standard InChI is InChI=1S/C46H26O6/c47-26-22-38(48)35-24-37(46(50)52-40(35)23-26)42-29-14-4-8-18-33(29)44(34-19-9-5-15-30(34)42)43-31-16-6-2-12-27(31)41(28-13-3-7-17-32(28)43)36-21-25-11-1-10-20-39(25)51-45(36)49/h1-24,47-48H. The molecule has 2 aromatic heterocycles. The van der Waals surface area contributed by atoms with E-state index in [1.165, 1.54) is 12.1 Å². The molecular formula is C46H26O6. The maximum Gasteiger partial charge on any atom is 0.344 e. The number of hydrogen-bond acceptors (Lipinski definition) is 6. The second-order valence-electron chi connectivity index (χ2n) is 13.0. The average molecular weight is 675 g/mol. The molecule has 2 N–H and O–H groups in total. The van der Waals surface area contributed by atoms with Gasteiger partial charge in [0.15, 0.2) is 0 Å². The van der Waals surface area contributed by atoms with Crippen molar-refractivity contribution in [3.63, 3.8) is 0 Å². The van der Waals surface area contributed by atoms with E-state index in [1.54, 1.807) is 12.1 Å². The van der Waals surface area contributed by atoms with E-state index in [-0.39, 0.29) is 17.1 Å². The molecule has 0 spiro atoms. The third kappa shape index (κ3) is 4.31. The van der Waals surface area contributed by atoms with Crippen LogP contribution in [0.25, 0.3) is 98.4 Å². The molecule has 0 aliphatic heterocycles. The van der Waals surface area contributed by atoms with Gasteiger partial charge in [-0.3, -0.25) is 0 Å². The number of aromatic hydroxyl groups is 2. The van der Waals surface area contributed by atoms with Gasteiger partial charge in [0.2, 0.25) is 0 Å². The van der Waals surface area contributed by atoms with Crippen LogP contribution < -0.4 is 11.3 Å². The molecule has 246 valence electrons.